The molecule has 0 bridgehead atoms. The average Bonchev–Trinajstić information content (AvgIpc) is 2.15. The number of carbonyl (C=O) groups is 2. The van der Waals surface area contributed by atoms with Gasteiger partial charge < -0.3 is 15.5 Å². The van der Waals surface area contributed by atoms with E-state index in [1.54, 1.807) is 0 Å². The Balaban J connectivity index is 2.86. The van der Waals surface area contributed by atoms with Crippen molar-refractivity contribution >= 4 is 11.9 Å². The van der Waals surface area contributed by atoms with Crippen LogP contribution >= 0.6 is 0 Å². The molecule has 5 heteroatoms. The van der Waals surface area contributed by atoms with Crippen molar-refractivity contribution in [3.63, 3.8) is 0 Å². The second-order valence-corrected chi connectivity index (χ2v) is 2.17. The van der Waals surface area contributed by atoms with Crippen LogP contribution in [0.4, 0.5) is 0 Å². The summed E-state index contributed by atoms with van der Waals surface area (Å²) in [7, 11) is 0. The smallest absolute Gasteiger partial charge is 0.345 e. The summed E-state index contributed by atoms with van der Waals surface area (Å²) in [4.78, 5) is 20.8. The highest BCUT2D eigenvalue weighted by atomic mass is 16.4. The molecule has 0 aromatic carbocycles. The highest BCUT2D eigenvalue weighted by molar-refractivity contribution is 6.06. The van der Waals surface area contributed by atoms with Gasteiger partial charge in [0.05, 0.1) is 0 Å². The molecule has 0 spiro atoms. The van der Waals surface area contributed by atoms with Gasteiger partial charge in [-0.25, -0.2) is 4.79 Å². The Morgan fingerprint density at radius 2 is 2.30 bits per heavy atom. The van der Waals surface area contributed by atoms with E-state index in [1.165, 1.54) is 0 Å². The van der Waals surface area contributed by atoms with E-state index in [4.69, 9.17) is 10.2 Å². The molecule has 1 unspecified atom stereocenters. The van der Waals surface area contributed by atoms with Gasteiger partial charge in [-0.2, -0.15) is 0 Å². The number of carboxylic acid groups (broad SMARTS) is 1. The van der Waals surface area contributed by atoms with Crippen LogP contribution in [0.25, 0.3) is 0 Å². The third kappa shape index (κ3) is 0.750. The van der Waals surface area contributed by atoms with E-state index >= 15 is 0 Å². The first kappa shape index (κ1) is 7.01. The number of nitrogens with one attached hydrogen (secondary N) is 1. The Morgan fingerprint density at radius 3 is 2.50 bits per heavy atom. The maximum Gasteiger partial charge on any atom is 0.345 e. The Hall–Kier alpha value is -1.10. The molecule has 0 aromatic rings. The van der Waals surface area contributed by atoms with E-state index in [-0.39, 0.29) is 13.0 Å². The number of rotatable bonds is 1. The summed E-state index contributed by atoms with van der Waals surface area (Å²) in [6, 6.07) is 0. The molecule has 0 aliphatic carbocycles. The number of carbonyl (C=O) groups excluding carboxylic acids is 1. The Labute approximate surface area is 56.7 Å². The SMILES string of the molecule is O=C(O)C1(O)CCNC1=O. The molecular weight excluding hydrogens is 138 g/mol. The lowest BCUT2D eigenvalue weighted by Crippen LogP contribution is -2.45. The molecule has 0 saturated carbocycles. The van der Waals surface area contributed by atoms with Gasteiger partial charge in [0.1, 0.15) is 0 Å². The highest BCUT2D eigenvalue weighted by Crippen LogP contribution is 2.15. The number of hydrogen-bond acceptors (Lipinski definition) is 3. The first-order chi connectivity index (χ1) is 4.57. The van der Waals surface area contributed by atoms with Crippen molar-refractivity contribution in [3.8, 4) is 0 Å². The van der Waals surface area contributed by atoms with Gasteiger partial charge in [0.2, 0.25) is 5.60 Å². The van der Waals surface area contributed by atoms with Crippen molar-refractivity contribution in [1.82, 2.24) is 5.32 Å². The summed E-state index contributed by atoms with van der Waals surface area (Å²) in [5.74, 6) is -2.30. The zero-order valence-electron chi connectivity index (χ0n) is 5.13. The third-order valence-electron chi connectivity index (χ3n) is 1.50. The van der Waals surface area contributed by atoms with Crippen molar-refractivity contribution in [1.29, 1.82) is 0 Å². The summed E-state index contributed by atoms with van der Waals surface area (Å²) in [6.07, 6.45) is -0.0544. The van der Waals surface area contributed by atoms with Gasteiger partial charge in [-0.1, -0.05) is 0 Å². The van der Waals surface area contributed by atoms with Gasteiger partial charge in [-0.05, 0) is 0 Å². The van der Waals surface area contributed by atoms with Gasteiger partial charge in [0.25, 0.3) is 5.91 Å². The van der Waals surface area contributed by atoms with Crippen LogP contribution in [0.2, 0.25) is 0 Å². The molecule has 5 nitrogen and oxygen atoms in total. The fourth-order valence-corrected chi connectivity index (χ4v) is 0.821. The minimum absolute atomic E-state index is 0.0544. The van der Waals surface area contributed by atoms with Crippen molar-refractivity contribution in [2.45, 2.75) is 12.0 Å². The molecule has 56 valence electrons. The maximum atomic E-state index is 10.6. The lowest BCUT2D eigenvalue weighted by Gasteiger charge is -2.11. The van der Waals surface area contributed by atoms with E-state index in [0.29, 0.717) is 0 Å². The third-order valence-corrected chi connectivity index (χ3v) is 1.50. The van der Waals surface area contributed by atoms with Gasteiger partial charge >= 0.3 is 5.97 Å². The summed E-state index contributed by atoms with van der Waals surface area (Å²) in [5, 5.41) is 19.6. The van der Waals surface area contributed by atoms with E-state index in [1.807, 2.05) is 0 Å². The van der Waals surface area contributed by atoms with Crippen LogP contribution in [-0.4, -0.2) is 34.2 Å². The molecule has 1 amide bonds. The predicted octanol–water partition coefficient (Wildman–Crippen LogP) is -1.68. The van der Waals surface area contributed by atoms with Gasteiger partial charge in [0, 0.05) is 13.0 Å². The lowest BCUT2D eigenvalue weighted by atomic mass is 10.0. The van der Waals surface area contributed by atoms with Crippen LogP contribution in [0.1, 0.15) is 6.42 Å². The number of aliphatic carboxylic acids is 1. The molecule has 1 rings (SSSR count). The molecule has 0 radical (unpaired) electrons. The minimum Gasteiger partial charge on any atom is -0.479 e. The monoisotopic (exact) mass is 145 g/mol. The molecule has 10 heavy (non-hydrogen) atoms. The molecule has 1 saturated heterocycles. The fraction of sp³-hybridized carbons (Fsp3) is 0.600. The van der Waals surface area contributed by atoms with Gasteiger partial charge in [-0.15, -0.1) is 0 Å². The van der Waals surface area contributed by atoms with Crippen molar-refractivity contribution in [3.05, 3.63) is 0 Å². The van der Waals surface area contributed by atoms with Crippen molar-refractivity contribution < 1.29 is 19.8 Å². The maximum absolute atomic E-state index is 10.6. The largest absolute Gasteiger partial charge is 0.479 e. The highest BCUT2D eigenvalue weighted by Gasteiger charge is 2.47. The first-order valence-electron chi connectivity index (χ1n) is 2.81. The molecule has 3 N–H and O–H groups in total. The van der Waals surface area contributed by atoms with Crippen LogP contribution in [0, 0.1) is 0 Å². The molecule has 0 aromatic heterocycles. The normalized spacial score (nSPS) is 31.9. The van der Waals surface area contributed by atoms with Crippen molar-refractivity contribution in [2.75, 3.05) is 6.54 Å². The number of aliphatic hydroxyl groups is 1. The number of amides is 1. The van der Waals surface area contributed by atoms with Gasteiger partial charge in [-0.3, -0.25) is 4.79 Å². The molecule has 1 atom stereocenters. The molecular formula is C5H7NO4. The topological polar surface area (TPSA) is 86.6 Å². The Morgan fingerprint density at radius 1 is 1.70 bits per heavy atom. The Kier molecular flexibility index (Phi) is 1.37. The van der Waals surface area contributed by atoms with Gasteiger partial charge in [0.15, 0.2) is 0 Å². The van der Waals surface area contributed by atoms with Crippen molar-refractivity contribution in [2.24, 2.45) is 0 Å². The van der Waals surface area contributed by atoms with E-state index < -0.39 is 17.5 Å². The van der Waals surface area contributed by atoms with Crippen LogP contribution < -0.4 is 5.32 Å². The predicted molar refractivity (Wildman–Crippen MR) is 30.2 cm³/mol. The second-order valence-electron chi connectivity index (χ2n) is 2.17. The average molecular weight is 145 g/mol. The fourth-order valence-electron chi connectivity index (χ4n) is 0.821. The van der Waals surface area contributed by atoms with E-state index in [9.17, 15) is 9.59 Å². The zero-order valence-corrected chi connectivity index (χ0v) is 5.13. The summed E-state index contributed by atoms with van der Waals surface area (Å²) < 4.78 is 0. The summed E-state index contributed by atoms with van der Waals surface area (Å²) >= 11 is 0. The quantitative estimate of drug-likeness (QED) is 0.385. The van der Waals surface area contributed by atoms with Crippen LogP contribution in [0.15, 0.2) is 0 Å². The Bertz CT molecular complexity index is 190. The minimum atomic E-state index is -2.18. The van der Waals surface area contributed by atoms with Crippen LogP contribution in [0.5, 0.6) is 0 Å². The zero-order chi connectivity index (χ0) is 7.78. The number of hydrogen-bond donors (Lipinski definition) is 3. The standard InChI is InChI=1S/C5H7NO4/c7-3-5(10,4(8)9)1-2-6-3/h10H,1-2H2,(H,6,7)(H,8,9). The molecule has 1 fully saturated rings. The summed E-state index contributed by atoms with van der Waals surface area (Å²) in [5.41, 5.74) is -2.18. The van der Waals surface area contributed by atoms with E-state index in [2.05, 4.69) is 5.32 Å². The first-order valence-corrected chi connectivity index (χ1v) is 2.81. The van der Waals surface area contributed by atoms with Crippen LogP contribution in [-0.2, 0) is 9.59 Å². The lowest BCUT2D eigenvalue weighted by molar-refractivity contribution is -0.163. The van der Waals surface area contributed by atoms with Crippen LogP contribution in [0.3, 0.4) is 0 Å². The molecule has 1 aliphatic heterocycles. The van der Waals surface area contributed by atoms with E-state index in [0.717, 1.165) is 0 Å². The molecule has 1 aliphatic rings. The summed E-state index contributed by atoms with van der Waals surface area (Å²) in [6.45, 7) is 0.224. The number of carboxylic acids is 1. The second kappa shape index (κ2) is 1.95. The molecule has 1 heterocycles.